The van der Waals surface area contributed by atoms with Gasteiger partial charge in [-0.1, -0.05) is 54.4 Å². The van der Waals surface area contributed by atoms with E-state index in [0.29, 0.717) is 12.8 Å². The lowest BCUT2D eigenvalue weighted by Crippen LogP contribution is -2.71. The van der Waals surface area contributed by atoms with Gasteiger partial charge in [0, 0.05) is 23.7 Å². The first kappa shape index (κ1) is 26.8. The summed E-state index contributed by atoms with van der Waals surface area (Å²) < 4.78 is 0. The molecule has 0 aromatic carbocycles. The molecule has 2 N–H and O–H groups in total. The largest absolute Gasteiger partial charge is 0.381 e. The van der Waals surface area contributed by atoms with Gasteiger partial charge in [-0.25, -0.2) is 0 Å². The van der Waals surface area contributed by atoms with Gasteiger partial charge in [0.25, 0.3) is 0 Å². The van der Waals surface area contributed by atoms with Crippen LogP contribution in [0.5, 0.6) is 0 Å². The number of Topliss-reactive ketones (excluding diaryl/α,β-unsaturated/α-hetero) is 1. The topological polar surface area (TPSA) is 74.6 Å². The molecule has 0 aliphatic heterocycles. The monoisotopic (exact) mass is 468 g/mol. The van der Waals surface area contributed by atoms with E-state index in [1.807, 2.05) is 61.5 Å². The number of hydrogen-bond acceptors (Lipinski definition) is 4. The lowest BCUT2D eigenvalue weighted by molar-refractivity contribution is -0.198. The molecule has 4 rings (SSSR count). The summed E-state index contributed by atoms with van der Waals surface area (Å²) in [6.45, 7) is 15.9. The molecule has 8 atom stereocenters. The van der Waals surface area contributed by atoms with Crippen molar-refractivity contribution in [2.75, 3.05) is 0 Å². The van der Waals surface area contributed by atoms with Crippen LogP contribution in [0, 0.1) is 35.5 Å². The van der Waals surface area contributed by atoms with Gasteiger partial charge in [0.2, 0.25) is 0 Å². The van der Waals surface area contributed by atoms with Crippen LogP contribution in [0.15, 0.2) is 46.6 Å². The molecule has 0 saturated heterocycles. The highest BCUT2D eigenvalue weighted by atomic mass is 16.3. The number of carbonyl (C=O) groups is 2. The number of ketones is 2. The summed E-state index contributed by atoms with van der Waals surface area (Å²) >= 11 is 0. The molecule has 0 amide bonds. The second-order valence-corrected chi connectivity index (χ2v) is 11.8. The highest BCUT2D eigenvalue weighted by Crippen LogP contribution is 2.61. The molecule has 0 radical (unpaired) electrons. The van der Waals surface area contributed by atoms with Crippen LogP contribution in [0.2, 0.25) is 0 Å². The number of hydrogen-bond donors (Lipinski definition) is 2. The van der Waals surface area contributed by atoms with Gasteiger partial charge in [-0.15, -0.1) is 0 Å². The van der Waals surface area contributed by atoms with Crippen molar-refractivity contribution in [1.82, 2.24) is 0 Å². The van der Waals surface area contributed by atoms with E-state index in [9.17, 15) is 19.8 Å². The van der Waals surface area contributed by atoms with Crippen LogP contribution >= 0.6 is 0 Å². The maximum Gasteiger partial charge on any atom is 0.187 e. The van der Waals surface area contributed by atoms with Crippen molar-refractivity contribution in [3.05, 3.63) is 46.6 Å². The van der Waals surface area contributed by atoms with Crippen LogP contribution in [0.4, 0.5) is 0 Å². The lowest BCUT2D eigenvalue weighted by atomic mass is 9.43. The molecule has 0 aromatic rings. The summed E-state index contributed by atoms with van der Waals surface area (Å²) in [6.07, 6.45) is 10.8. The van der Waals surface area contributed by atoms with Crippen LogP contribution < -0.4 is 0 Å². The van der Waals surface area contributed by atoms with E-state index in [0.717, 1.165) is 24.0 Å². The number of fused-ring (bicyclic) bond motifs is 1. The molecular formula is C30H44O4. The van der Waals surface area contributed by atoms with Gasteiger partial charge in [0.05, 0.1) is 0 Å². The van der Waals surface area contributed by atoms with Crippen LogP contribution in [-0.2, 0) is 9.59 Å². The van der Waals surface area contributed by atoms with Gasteiger partial charge in [-0.2, -0.15) is 0 Å². The maximum absolute atomic E-state index is 13.9. The van der Waals surface area contributed by atoms with Crippen LogP contribution in [-0.4, -0.2) is 33.0 Å². The second kappa shape index (κ2) is 9.70. The van der Waals surface area contributed by atoms with Crippen molar-refractivity contribution in [2.45, 2.75) is 92.3 Å². The van der Waals surface area contributed by atoms with Gasteiger partial charge in [-0.3, -0.25) is 9.59 Å². The van der Waals surface area contributed by atoms with E-state index in [4.69, 9.17) is 0 Å². The number of allylic oxidation sites excluding steroid dienone is 6. The lowest BCUT2D eigenvalue weighted by Gasteiger charge is -2.61. The van der Waals surface area contributed by atoms with Crippen LogP contribution in [0.3, 0.4) is 0 Å². The quantitative estimate of drug-likeness (QED) is 0.445. The predicted molar refractivity (Wildman–Crippen MR) is 137 cm³/mol. The average Bonchev–Trinajstić information content (AvgIpc) is 2.74. The van der Waals surface area contributed by atoms with Crippen LogP contribution in [0.1, 0.15) is 81.1 Å². The van der Waals surface area contributed by atoms with E-state index in [2.05, 4.69) is 12.2 Å². The fourth-order valence-corrected chi connectivity index (χ4v) is 6.89. The smallest absolute Gasteiger partial charge is 0.187 e. The highest BCUT2D eigenvalue weighted by Gasteiger charge is 2.69. The van der Waals surface area contributed by atoms with Crippen molar-refractivity contribution >= 4 is 11.6 Å². The number of aliphatic hydroxyl groups is 2. The van der Waals surface area contributed by atoms with E-state index >= 15 is 0 Å². The van der Waals surface area contributed by atoms with Crippen LogP contribution in [0.25, 0.3) is 0 Å². The van der Waals surface area contributed by atoms with Gasteiger partial charge in [0.1, 0.15) is 11.2 Å². The molecule has 4 heteroatoms. The molecule has 4 aliphatic carbocycles. The normalized spacial score (nSPS) is 36.3. The van der Waals surface area contributed by atoms with Gasteiger partial charge < -0.3 is 10.2 Å². The Hall–Kier alpha value is -1.78. The Labute approximate surface area is 205 Å². The Morgan fingerprint density at radius 3 is 1.91 bits per heavy atom. The standard InChI is InChI=1S/C30H44O4/c1-17(2)11-9-13-21(7)29(33)23-15-19(5)26(28(29)32)25-20(6)16-24(31)30(34,27(23)25)22(8)14-10-12-18(3)4/h11-12,15-16,21-23,25-27,33-34H,9-10,13-14H2,1-8H3/t21-,22+,23-,25-,26+,27+,29+,30-/m0/s1. The Morgan fingerprint density at radius 2 is 1.41 bits per heavy atom. The van der Waals surface area contributed by atoms with E-state index < -0.39 is 29.0 Å². The average molecular weight is 469 g/mol. The van der Waals surface area contributed by atoms with E-state index in [-0.39, 0.29) is 29.3 Å². The van der Waals surface area contributed by atoms with Gasteiger partial charge >= 0.3 is 0 Å². The number of carbonyl (C=O) groups excluding carboxylic acids is 2. The van der Waals surface area contributed by atoms with E-state index in [1.54, 1.807) is 6.08 Å². The first-order valence-corrected chi connectivity index (χ1v) is 12.9. The van der Waals surface area contributed by atoms with Crippen molar-refractivity contribution in [2.24, 2.45) is 35.5 Å². The first-order chi connectivity index (χ1) is 15.8. The summed E-state index contributed by atoms with van der Waals surface area (Å²) in [5, 5.41) is 24.3. The molecule has 0 unspecified atom stereocenters. The van der Waals surface area contributed by atoms with E-state index in [1.165, 1.54) is 11.1 Å². The third-order valence-electron chi connectivity index (χ3n) is 8.85. The second-order valence-electron chi connectivity index (χ2n) is 11.8. The van der Waals surface area contributed by atoms with Crippen molar-refractivity contribution in [1.29, 1.82) is 0 Å². The molecule has 0 heterocycles. The minimum Gasteiger partial charge on any atom is -0.381 e. The summed E-state index contributed by atoms with van der Waals surface area (Å²) in [7, 11) is 0. The molecule has 1 saturated carbocycles. The molecule has 2 bridgehead atoms. The van der Waals surface area contributed by atoms with Crippen molar-refractivity contribution in [3.63, 3.8) is 0 Å². The third kappa shape index (κ3) is 4.22. The SMILES string of the molecule is CC(C)=CCC[C@@H](C)[C@]1(O)C(=O)C=C(C)[C@H]2[C@@H]3C(=O)[C@@](O)([C@@H](C)CCC=C(C)C)[C@@H](C=C3C)[C@H]21. The Bertz CT molecular complexity index is 958. The molecule has 1 fully saturated rings. The Morgan fingerprint density at radius 1 is 0.912 bits per heavy atom. The Kier molecular flexibility index (Phi) is 7.65. The summed E-state index contributed by atoms with van der Waals surface area (Å²) in [5.74, 6) is -2.81. The molecule has 188 valence electrons. The highest BCUT2D eigenvalue weighted by molar-refractivity contribution is 6.02. The minimum absolute atomic E-state index is 0.134. The summed E-state index contributed by atoms with van der Waals surface area (Å²) in [5.41, 5.74) is 1.05. The fraction of sp³-hybridized carbons (Fsp3) is 0.667. The predicted octanol–water partition coefficient (Wildman–Crippen LogP) is 5.75. The molecule has 4 nitrogen and oxygen atoms in total. The molecular weight excluding hydrogens is 424 g/mol. The zero-order chi connectivity index (χ0) is 25.6. The number of rotatable bonds is 8. The fourth-order valence-electron chi connectivity index (χ4n) is 6.89. The molecule has 34 heavy (non-hydrogen) atoms. The van der Waals surface area contributed by atoms with Gasteiger partial charge in [-0.05, 0) is 85.1 Å². The minimum atomic E-state index is -1.60. The third-order valence-corrected chi connectivity index (χ3v) is 8.85. The van der Waals surface area contributed by atoms with Gasteiger partial charge in [0.15, 0.2) is 11.6 Å². The molecule has 0 aromatic heterocycles. The first-order valence-electron chi connectivity index (χ1n) is 12.9. The Balaban J connectivity index is 2.07. The maximum atomic E-state index is 13.9. The summed E-state index contributed by atoms with van der Waals surface area (Å²) in [4.78, 5) is 27.3. The van der Waals surface area contributed by atoms with Crippen molar-refractivity contribution < 1.29 is 19.8 Å². The molecule has 4 aliphatic rings. The summed E-state index contributed by atoms with van der Waals surface area (Å²) in [6, 6.07) is 0. The molecule has 0 spiro atoms. The zero-order valence-corrected chi connectivity index (χ0v) is 22.3. The van der Waals surface area contributed by atoms with Crippen molar-refractivity contribution in [3.8, 4) is 0 Å². The zero-order valence-electron chi connectivity index (χ0n) is 22.3.